The fourth-order valence-electron chi connectivity index (χ4n) is 1.49. The molecule has 0 N–H and O–H groups in total. The minimum atomic E-state index is 0.0934. The maximum Gasteiger partial charge on any atom is 0.0179 e. The SMILES string of the molecule is CC1C[SiH](C)[SiH2][SiH2]1. The molecule has 0 nitrogen and oxygen atoms in total. The van der Waals surface area contributed by atoms with E-state index in [0.717, 1.165) is 0 Å². The zero-order valence-corrected chi connectivity index (χ0v) is 9.26. The van der Waals surface area contributed by atoms with E-state index in [-0.39, 0.29) is 8.31 Å². The second kappa shape index (κ2) is 2.28. The first kappa shape index (κ1) is 5.78. The van der Waals surface area contributed by atoms with Crippen LogP contribution in [0.2, 0.25) is 18.1 Å². The molecule has 7 heavy (non-hydrogen) atoms. The fourth-order valence-corrected chi connectivity index (χ4v) is 28.6. The lowest BCUT2D eigenvalue weighted by Crippen LogP contribution is -2.11. The zero-order chi connectivity index (χ0) is 5.28. The standard InChI is InChI=1S/C4H14Si3/c1-4-3-7(2)6-5-4/h4,7H,3,5-6H2,1-2H3. The van der Waals surface area contributed by atoms with Crippen molar-refractivity contribution in [1.82, 2.24) is 0 Å². The van der Waals surface area contributed by atoms with Gasteiger partial charge < -0.3 is 0 Å². The Balaban J connectivity index is 2.26. The van der Waals surface area contributed by atoms with Crippen LogP contribution in [0.4, 0.5) is 0 Å². The Kier molecular flexibility index (Phi) is 1.88. The Labute approximate surface area is 51.5 Å². The zero-order valence-electron chi connectivity index (χ0n) is 5.28. The summed E-state index contributed by atoms with van der Waals surface area (Å²) in [5.74, 6) is 0. The van der Waals surface area contributed by atoms with E-state index in [9.17, 15) is 0 Å². The summed E-state index contributed by atoms with van der Waals surface area (Å²) in [6, 6.07) is 1.73. The lowest BCUT2D eigenvalue weighted by atomic mass is 10.6. The molecule has 2 atom stereocenters. The summed E-state index contributed by atoms with van der Waals surface area (Å²) >= 11 is 0. The Morgan fingerprint density at radius 3 is 2.57 bits per heavy atom. The number of hydrogen-bond donors (Lipinski definition) is 0. The molecule has 0 radical (unpaired) electrons. The van der Waals surface area contributed by atoms with Crippen LogP contribution in [0.15, 0.2) is 0 Å². The molecule has 0 spiro atoms. The number of rotatable bonds is 0. The fraction of sp³-hybridized carbons (Fsp3) is 1.00. The maximum absolute atomic E-state index is 2.59. The smallest absolute Gasteiger partial charge is 0.0179 e. The first-order valence-electron chi connectivity index (χ1n) is 3.29. The predicted octanol–water partition coefficient (Wildman–Crippen LogP) is -0.585. The first-order valence-corrected chi connectivity index (χ1v) is 13.3. The van der Waals surface area contributed by atoms with E-state index in [1.807, 2.05) is 0 Å². The second-order valence-corrected chi connectivity index (χ2v) is 21.1. The molecule has 0 aromatic heterocycles. The Morgan fingerprint density at radius 2 is 2.43 bits per heavy atom. The highest BCUT2D eigenvalue weighted by Gasteiger charge is 2.18. The van der Waals surface area contributed by atoms with E-state index in [2.05, 4.69) is 13.5 Å². The highest BCUT2D eigenvalue weighted by molar-refractivity contribution is 7.38. The van der Waals surface area contributed by atoms with E-state index in [1.165, 1.54) is 5.54 Å². The van der Waals surface area contributed by atoms with Gasteiger partial charge in [0.1, 0.15) is 0 Å². The van der Waals surface area contributed by atoms with Crippen molar-refractivity contribution in [3.63, 3.8) is 0 Å². The minimum absolute atomic E-state index is 0.0934. The predicted molar refractivity (Wildman–Crippen MR) is 44.3 cm³/mol. The van der Waals surface area contributed by atoms with Crippen LogP contribution in [0.3, 0.4) is 0 Å². The van der Waals surface area contributed by atoms with Gasteiger partial charge in [0.2, 0.25) is 0 Å². The average Bonchev–Trinajstić information content (AvgIpc) is 1.87. The molecule has 1 rings (SSSR count). The van der Waals surface area contributed by atoms with E-state index >= 15 is 0 Å². The van der Waals surface area contributed by atoms with Gasteiger partial charge in [-0.3, -0.25) is 0 Å². The van der Waals surface area contributed by atoms with Crippen molar-refractivity contribution >= 4 is 25.9 Å². The first-order chi connectivity index (χ1) is 3.29. The lowest BCUT2D eigenvalue weighted by molar-refractivity contribution is 1.06. The minimum Gasteiger partial charge on any atom is -0.0746 e. The van der Waals surface area contributed by atoms with Crippen molar-refractivity contribution in [3.05, 3.63) is 0 Å². The van der Waals surface area contributed by atoms with Gasteiger partial charge in [-0.1, -0.05) is 25.1 Å². The normalized spacial score (nSPS) is 48.9. The summed E-state index contributed by atoms with van der Waals surface area (Å²) in [6.07, 6.45) is 0. The van der Waals surface area contributed by atoms with Crippen LogP contribution in [0.5, 0.6) is 0 Å². The van der Waals surface area contributed by atoms with Crippen LogP contribution >= 0.6 is 0 Å². The molecule has 42 valence electrons. The van der Waals surface area contributed by atoms with Crippen LogP contribution in [0.1, 0.15) is 6.92 Å². The van der Waals surface area contributed by atoms with Crippen LogP contribution < -0.4 is 0 Å². The van der Waals surface area contributed by atoms with E-state index < -0.39 is 0 Å². The molecule has 1 aliphatic rings. The Morgan fingerprint density at radius 1 is 1.71 bits per heavy atom. The Hall–Kier alpha value is 0.651. The van der Waals surface area contributed by atoms with E-state index in [1.54, 1.807) is 6.04 Å². The highest BCUT2D eigenvalue weighted by atomic mass is 29.5. The third-order valence-corrected chi connectivity index (χ3v) is 26.7. The molecule has 0 aromatic rings. The summed E-state index contributed by atoms with van der Waals surface area (Å²) < 4.78 is 0. The summed E-state index contributed by atoms with van der Waals surface area (Å²) in [4.78, 5) is 0. The van der Waals surface area contributed by atoms with Gasteiger partial charge in [-0.05, 0) is 0 Å². The second-order valence-electron chi connectivity index (χ2n) is 3.02. The molecule has 0 aliphatic carbocycles. The molecule has 0 saturated carbocycles. The molecule has 1 fully saturated rings. The molecular weight excluding hydrogens is 132 g/mol. The van der Waals surface area contributed by atoms with E-state index in [4.69, 9.17) is 0 Å². The third-order valence-electron chi connectivity index (χ3n) is 1.96. The Bertz CT molecular complexity index is 56.0. The molecule has 3 heteroatoms. The number of hydrogen-bond acceptors (Lipinski definition) is 0. The molecule has 0 amide bonds. The van der Waals surface area contributed by atoms with Gasteiger partial charge in [0.15, 0.2) is 0 Å². The van der Waals surface area contributed by atoms with E-state index in [0.29, 0.717) is 17.6 Å². The van der Waals surface area contributed by atoms with Gasteiger partial charge in [-0.15, -0.1) is 0 Å². The van der Waals surface area contributed by atoms with Crippen molar-refractivity contribution in [2.75, 3.05) is 0 Å². The van der Waals surface area contributed by atoms with Crippen LogP contribution in [-0.4, -0.2) is 25.9 Å². The van der Waals surface area contributed by atoms with Gasteiger partial charge in [0.05, 0.1) is 0 Å². The summed E-state index contributed by atoms with van der Waals surface area (Å²) in [5, 5.41) is 0. The topological polar surface area (TPSA) is 0 Å². The van der Waals surface area contributed by atoms with Crippen molar-refractivity contribution in [2.24, 2.45) is 0 Å². The highest BCUT2D eigenvalue weighted by Crippen LogP contribution is 2.16. The lowest BCUT2D eigenvalue weighted by Gasteiger charge is -1.95. The molecule has 0 aromatic carbocycles. The van der Waals surface area contributed by atoms with Crippen LogP contribution in [-0.2, 0) is 0 Å². The van der Waals surface area contributed by atoms with Gasteiger partial charge in [0, 0.05) is 25.9 Å². The summed E-state index contributed by atoms with van der Waals surface area (Å²) in [5.41, 5.74) is 1.29. The quantitative estimate of drug-likeness (QED) is 0.401. The van der Waals surface area contributed by atoms with Crippen LogP contribution in [0, 0.1) is 0 Å². The van der Waals surface area contributed by atoms with Crippen LogP contribution in [0.25, 0.3) is 0 Å². The van der Waals surface area contributed by atoms with Gasteiger partial charge in [0.25, 0.3) is 0 Å². The summed E-state index contributed by atoms with van der Waals surface area (Å²) in [6.45, 7) is 5.07. The van der Waals surface area contributed by atoms with Crippen molar-refractivity contribution < 1.29 is 0 Å². The third kappa shape index (κ3) is 1.54. The average molecular weight is 146 g/mol. The van der Waals surface area contributed by atoms with Crippen molar-refractivity contribution in [1.29, 1.82) is 0 Å². The summed E-state index contributed by atoms with van der Waals surface area (Å²) in [7, 11) is 1.41. The molecule has 0 bridgehead atoms. The van der Waals surface area contributed by atoms with Crippen molar-refractivity contribution in [3.8, 4) is 0 Å². The van der Waals surface area contributed by atoms with Crippen molar-refractivity contribution in [2.45, 2.75) is 25.1 Å². The molecule has 1 heterocycles. The molecular formula is C4H14Si3. The van der Waals surface area contributed by atoms with Gasteiger partial charge in [-0.2, -0.15) is 0 Å². The molecule has 2 unspecified atom stereocenters. The van der Waals surface area contributed by atoms with Gasteiger partial charge in [-0.25, -0.2) is 0 Å². The largest absolute Gasteiger partial charge is 0.0746 e. The maximum atomic E-state index is 2.59. The van der Waals surface area contributed by atoms with Gasteiger partial charge >= 0.3 is 0 Å². The molecule has 1 saturated heterocycles. The monoisotopic (exact) mass is 146 g/mol. The molecule has 1 aliphatic heterocycles.